The normalized spacial score (nSPS) is 11.6. The van der Waals surface area contributed by atoms with Gasteiger partial charge in [0.1, 0.15) is 5.75 Å². The van der Waals surface area contributed by atoms with Gasteiger partial charge in [-0.3, -0.25) is 9.59 Å². The molecule has 0 aliphatic rings. The van der Waals surface area contributed by atoms with E-state index in [2.05, 4.69) is 5.32 Å². The molecule has 0 bridgehead atoms. The van der Waals surface area contributed by atoms with Gasteiger partial charge in [0.05, 0.1) is 0 Å². The van der Waals surface area contributed by atoms with Gasteiger partial charge in [-0.25, -0.2) is 0 Å². The van der Waals surface area contributed by atoms with E-state index < -0.39 is 6.10 Å². The van der Waals surface area contributed by atoms with Crippen molar-refractivity contribution in [2.45, 2.75) is 33.8 Å². The molecular weight excluding hydrogens is 364 g/mol. The third-order valence-electron chi connectivity index (χ3n) is 4.26. The van der Waals surface area contributed by atoms with Gasteiger partial charge >= 0.3 is 0 Å². The van der Waals surface area contributed by atoms with Gasteiger partial charge < -0.3 is 15.0 Å². The van der Waals surface area contributed by atoms with E-state index in [0.29, 0.717) is 35.1 Å². The van der Waals surface area contributed by atoms with E-state index in [9.17, 15) is 9.59 Å². The molecule has 0 radical (unpaired) electrons. The molecule has 144 valence electrons. The summed E-state index contributed by atoms with van der Waals surface area (Å²) in [5, 5.41) is 3.45. The van der Waals surface area contributed by atoms with Crippen molar-refractivity contribution in [3.05, 3.63) is 58.6 Å². The van der Waals surface area contributed by atoms with Crippen molar-refractivity contribution in [2.75, 3.05) is 18.4 Å². The van der Waals surface area contributed by atoms with Crippen molar-refractivity contribution >= 4 is 29.1 Å². The Morgan fingerprint density at radius 1 is 1.11 bits per heavy atom. The average molecular weight is 389 g/mol. The zero-order valence-electron chi connectivity index (χ0n) is 16.1. The fourth-order valence-electron chi connectivity index (χ4n) is 2.58. The summed E-state index contributed by atoms with van der Waals surface area (Å²) >= 11 is 6.00. The minimum absolute atomic E-state index is 0.0207. The summed E-state index contributed by atoms with van der Waals surface area (Å²) < 4.78 is 5.68. The standard InChI is InChI=1S/C21H25ClN2O3/c1-5-24(6-2)21(26)16-7-9-17(10-8-16)23-20(25)15(4)27-18-11-12-19(22)14(3)13-18/h7-13,15H,5-6H2,1-4H3,(H,23,25). The van der Waals surface area contributed by atoms with Crippen molar-refractivity contribution in [1.82, 2.24) is 4.90 Å². The lowest BCUT2D eigenvalue weighted by Crippen LogP contribution is -2.31. The van der Waals surface area contributed by atoms with E-state index in [1.54, 1.807) is 54.3 Å². The van der Waals surface area contributed by atoms with Crippen LogP contribution in [0.2, 0.25) is 5.02 Å². The predicted molar refractivity (Wildman–Crippen MR) is 109 cm³/mol. The summed E-state index contributed by atoms with van der Waals surface area (Å²) in [7, 11) is 0. The Balaban J connectivity index is 1.98. The first-order valence-electron chi connectivity index (χ1n) is 8.98. The Hall–Kier alpha value is -2.53. The molecule has 2 aromatic carbocycles. The van der Waals surface area contributed by atoms with Crippen LogP contribution in [0.3, 0.4) is 0 Å². The first-order chi connectivity index (χ1) is 12.8. The molecule has 2 amide bonds. The summed E-state index contributed by atoms with van der Waals surface area (Å²) in [5.74, 6) is 0.290. The van der Waals surface area contributed by atoms with Crippen molar-refractivity contribution in [2.24, 2.45) is 0 Å². The fourth-order valence-corrected chi connectivity index (χ4v) is 2.70. The molecule has 27 heavy (non-hydrogen) atoms. The minimum atomic E-state index is -0.678. The number of aryl methyl sites for hydroxylation is 1. The SMILES string of the molecule is CCN(CC)C(=O)c1ccc(NC(=O)C(C)Oc2ccc(Cl)c(C)c2)cc1. The first kappa shape index (κ1) is 20.8. The fraction of sp³-hybridized carbons (Fsp3) is 0.333. The van der Waals surface area contributed by atoms with Crippen LogP contribution in [0.1, 0.15) is 36.7 Å². The number of carbonyl (C=O) groups is 2. The van der Waals surface area contributed by atoms with Gasteiger partial charge in [0.25, 0.3) is 11.8 Å². The average Bonchev–Trinajstić information content (AvgIpc) is 2.66. The molecule has 1 N–H and O–H groups in total. The smallest absolute Gasteiger partial charge is 0.265 e. The molecule has 5 nitrogen and oxygen atoms in total. The predicted octanol–water partition coefficient (Wildman–Crippen LogP) is 4.54. The molecular formula is C21H25ClN2O3. The molecule has 0 heterocycles. The van der Waals surface area contributed by atoms with Crippen molar-refractivity contribution in [3.8, 4) is 5.75 Å². The molecule has 1 unspecified atom stereocenters. The molecule has 1 atom stereocenters. The van der Waals surface area contributed by atoms with E-state index in [0.717, 1.165) is 5.56 Å². The number of nitrogens with one attached hydrogen (secondary N) is 1. The lowest BCUT2D eigenvalue weighted by molar-refractivity contribution is -0.122. The number of amides is 2. The van der Waals surface area contributed by atoms with E-state index in [4.69, 9.17) is 16.3 Å². The zero-order chi connectivity index (χ0) is 20.0. The highest BCUT2D eigenvalue weighted by atomic mass is 35.5. The third-order valence-corrected chi connectivity index (χ3v) is 4.69. The Morgan fingerprint density at radius 3 is 2.30 bits per heavy atom. The molecule has 0 spiro atoms. The number of ether oxygens (including phenoxy) is 1. The van der Waals surface area contributed by atoms with Crippen LogP contribution in [0.25, 0.3) is 0 Å². The number of benzene rings is 2. The summed E-state index contributed by atoms with van der Waals surface area (Å²) in [5.41, 5.74) is 2.09. The molecule has 2 rings (SSSR count). The van der Waals surface area contributed by atoms with Crippen LogP contribution in [0, 0.1) is 6.92 Å². The van der Waals surface area contributed by atoms with Crippen LogP contribution in [0.4, 0.5) is 5.69 Å². The highest BCUT2D eigenvalue weighted by molar-refractivity contribution is 6.31. The Labute approximate surface area is 165 Å². The summed E-state index contributed by atoms with van der Waals surface area (Å²) in [6.45, 7) is 8.76. The minimum Gasteiger partial charge on any atom is -0.481 e. The second-order valence-electron chi connectivity index (χ2n) is 6.22. The maximum atomic E-state index is 12.4. The van der Waals surface area contributed by atoms with Gasteiger partial charge in [-0.2, -0.15) is 0 Å². The Bertz CT molecular complexity index is 802. The molecule has 0 saturated heterocycles. The molecule has 0 fully saturated rings. The van der Waals surface area contributed by atoms with Crippen molar-refractivity contribution < 1.29 is 14.3 Å². The van der Waals surface area contributed by atoms with E-state index in [-0.39, 0.29) is 11.8 Å². The second-order valence-corrected chi connectivity index (χ2v) is 6.62. The van der Waals surface area contributed by atoms with Gasteiger partial charge in [-0.05, 0) is 75.7 Å². The molecule has 0 saturated carbocycles. The Kier molecular flexibility index (Phi) is 7.25. The number of rotatable bonds is 7. The first-order valence-corrected chi connectivity index (χ1v) is 9.36. The lowest BCUT2D eigenvalue weighted by Gasteiger charge is -2.19. The second kappa shape index (κ2) is 9.42. The van der Waals surface area contributed by atoms with Crippen LogP contribution in [0.15, 0.2) is 42.5 Å². The van der Waals surface area contributed by atoms with Crippen molar-refractivity contribution in [3.63, 3.8) is 0 Å². The van der Waals surface area contributed by atoms with E-state index in [1.807, 2.05) is 20.8 Å². The van der Waals surface area contributed by atoms with Gasteiger partial charge in [0.2, 0.25) is 0 Å². The van der Waals surface area contributed by atoms with Crippen LogP contribution >= 0.6 is 11.6 Å². The highest BCUT2D eigenvalue weighted by Crippen LogP contribution is 2.22. The van der Waals surface area contributed by atoms with Crippen LogP contribution in [-0.2, 0) is 4.79 Å². The molecule has 0 aliphatic heterocycles. The molecule has 0 aliphatic carbocycles. The number of hydrogen-bond acceptors (Lipinski definition) is 3. The summed E-state index contributed by atoms with van der Waals surface area (Å²) in [6.07, 6.45) is -0.678. The van der Waals surface area contributed by atoms with Crippen LogP contribution in [-0.4, -0.2) is 35.9 Å². The number of nitrogens with zero attached hydrogens (tertiary/aromatic N) is 1. The molecule has 2 aromatic rings. The maximum Gasteiger partial charge on any atom is 0.265 e. The van der Waals surface area contributed by atoms with Gasteiger partial charge in [0.15, 0.2) is 6.10 Å². The monoisotopic (exact) mass is 388 g/mol. The number of carbonyl (C=O) groups excluding carboxylic acids is 2. The molecule has 6 heteroatoms. The number of anilines is 1. The lowest BCUT2D eigenvalue weighted by atomic mass is 10.1. The molecule has 0 aromatic heterocycles. The largest absolute Gasteiger partial charge is 0.481 e. The quantitative estimate of drug-likeness (QED) is 0.757. The van der Waals surface area contributed by atoms with Crippen molar-refractivity contribution in [1.29, 1.82) is 0 Å². The third kappa shape index (κ3) is 5.47. The van der Waals surface area contributed by atoms with E-state index in [1.165, 1.54) is 0 Å². The highest BCUT2D eigenvalue weighted by Gasteiger charge is 2.16. The number of halogens is 1. The topological polar surface area (TPSA) is 58.6 Å². The number of hydrogen-bond donors (Lipinski definition) is 1. The van der Waals surface area contributed by atoms with Crippen LogP contribution < -0.4 is 10.1 Å². The van der Waals surface area contributed by atoms with Gasteiger partial charge in [-0.15, -0.1) is 0 Å². The van der Waals surface area contributed by atoms with Crippen LogP contribution in [0.5, 0.6) is 5.75 Å². The van der Waals surface area contributed by atoms with Gasteiger partial charge in [-0.1, -0.05) is 11.6 Å². The van der Waals surface area contributed by atoms with E-state index >= 15 is 0 Å². The zero-order valence-corrected chi connectivity index (χ0v) is 16.8. The Morgan fingerprint density at radius 2 is 1.74 bits per heavy atom. The summed E-state index contributed by atoms with van der Waals surface area (Å²) in [4.78, 5) is 26.4. The summed E-state index contributed by atoms with van der Waals surface area (Å²) in [6, 6.07) is 12.1. The van der Waals surface area contributed by atoms with Gasteiger partial charge in [0, 0.05) is 29.4 Å². The maximum absolute atomic E-state index is 12.4.